The topological polar surface area (TPSA) is 22.1 Å². The van der Waals surface area contributed by atoms with Gasteiger partial charge in [0.2, 0.25) is 5.88 Å². The molecule has 0 atom stereocenters. The highest BCUT2D eigenvalue weighted by Gasteiger charge is 2.06. The van der Waals surface area contributed by atoms with Crippen LogP contribution in [0.2, 0.25) is 5.02 Å². The Kier molecular flexibility index (Phi) is 3.93. The molecule has 4 heteroatoms. The van der Waals surface area contributed by atoms with Gasteiger partial charge in [-0.15, -0.1) is 0 Å². The third-order valence-corrected chi connectivity index (χ3v) is 4.06. The average Bonchev–Trinajstić information content (AvgIpc) is 2.31. The van der Waals surface area contributed by atoms with E-state index >= 15 is 0 Å². The predicted octanol–water partition coefficient (Wildman–Crippen LogP) is 5.22. The van der Waals surface area contributed by atoms with E-state index in [0.717, 1.165) is 32.1 Å². The maximum Gasteiger partial charge on any atom is 0.219 e. The summed E-state index contributed by atoms with van der Waals surface area (Å²) in [5.74, 6) is 1.33. The van der Waals surface area contributed by atoms with Gasteiger partial charge in [-0.25, -0.2) is 4.98 Å². The molecule has 0 unspecified atom stereocenters. The van der Waals surface area contributed by atoms with E-state index in [0.29, 0.717) is 5.88 Å². The molecule has 0 amide bonds. The molecule has 0 N–H and O–H groups in total. The van der Waals surface area contributed by atoms with Gasteiger partial charge in [-0.2, -0.15) is 0 Å². The van der Waals surface area contributed by atoms with Crippen LogP contribution in [0.1, 0.15) is 16.8 Å². The second-order valence-electron chi connectivity index (χ2n) is 4.19. The summed E-state index contributed by atoms with van der Waals surface area (Å²) in [5.41, 5.74) is 2.90. The molecule has 0 aliphatic heterocycles. The lowest BCUT2D eigenvalue weighted by Crippen LogP contribution is -1.92. The number of hydrogen-bond acceptors (Lipinski definition) is 2. The highest BCUT2D eigenvalue weighted by Crippen LogP contribution is 2.29. The molecule has 2 aromatic rings. The first-order valence-electron chi connectivity index (χ1n) is 5.55. The quantitative estimate of drug-likeness (QED) is 0.755. The molecule has 0 aliphatic carbocycles. The number of nitrogens with zero attached hydrogens (tertiary/aromatic N) is 1. The molecule has 0 saturated carbocycles. The van der Waals surface area contributed by atoms with Crippen molar-refractivity contribution in [2.75, 3.05) is 0 Å². The van der Waals surface area contributed by atoms with Crippen molar-refractivity contribution in [3.8, 4) is 11.6 Å². The normalized spacial score (nSPS) is 10.5. The van der Waals surface area contributed by atoms with Crippen molar-refractivity contribution in [2.24, 2.45) is 0 Å². The molecule has 0 fully saturated rings. The summed E-state index contributed by atoms with van der Waals surface area (Å²) in [6, 6.07) is 7.58. The van der Waals surface area contributed by atoms with Crippen molar-refractivity contribution < 1.29 is 4.74 Å². The highest BCUT2D eigenvalue weighted by molar-refractivity contribution is 9.10. The third-order valence-electron chi connectivity index (χ3n) is 2.63. The van der Waals surface area contributed by atoms with Crippen molar-refractivity contribution in [3.05, 3.63) is 50.6 Å². The summed E-state index contributed by atoms with van der Waals surface area (Å²) < 4.78 is 6.71. The van der Waals surface area contributed by atoms with Gasteiger partial charge in [0, 0.05) is 15.6 Å². The van der Waals surface area contributed by atoms with Crippen LogP contribution in [0.4, 0.5) is 0 Å². The van der Waals surface area contributed by atoms with Crippen molar-refractivity contribution in [2.45, 2.75) is 20.8 Å². The van der Waals surface area contributed by atoms with Crippen LogP contribution in [0.15, 0.2) is 28.7 Å². The Labute approximate surface area is 120 Å². The van der Waals surface area contributed by atoms with E-state index in [4.69, 9.17) is 16.3 Å². The van der Waals surface area contributed by atoms with Crippen molar-refractivity contribution in [1.82, 2.24) is 4.98 Å². The molecule has 1 aromatic heterocycles. The van der Waals surface area contributed by atoms with Gasteiger partial charge in [0.25, 0.3) is 0 Å². The number of pyridine rings is 1. The van der Waals surface area contributed by atoms with Crippen LogP contribution >= 0.6 is 27.5 Å². The number of aromatic nitrogens is 1. The summed E-state index contributed by atoms with van der Waals surface area (Å²) >= 11 is 9.53. The summed E-state index contributed by atoms with van der Waals surface area (Å²) in [7, 11) is 0. The molecule has 0 aliphatic rings. The summed E-state index contributed by atoms with van der Waals surface area (Å²) in [6.45, 7) is 5.85. The molecule has 0 radical (unpaired) electrons. The van der Waals surface area contributed by atoms with Crippen LogP contribution in [0.25, 0.3) is 0 Å². The molecular formula is C14H13BrClNO. The SMILES string of the molecule is Cc1cc(Oc2ccc(Br)c(C)n2)cc(C)c1Cl. The van der Waals surface area contributed by atoms with E-state index < -0.39 is 0 Å². The number of rotatable bonds is 2. The Morgan fingerprint density at radius 1 is 1.11 bits per heavy atom. The standard InChI is InChI=1S/C14H13BrClNO/c1-8-6-11(7-9(2)14(8)16)18-13-5-4-12(15)10(3)17-13/h4-7H,1-3H3. The Morgan fingerprint density at radius 2 is 1.72 bits per heavy atom. The summed E-state index contributed by atoms with van der Waals surface area (Å²) in [6.07, 6.45) is 0. The fourth-order valence-corrected chi connectivity index (χ4v) is 1.99. The van der Waals surface area contributed by atoms with Crippen LogP contribution in [0.3, 0.4) is 0 Å². The fourth-order valence-electron chi connectivity index (χ4n) is 1.66. The van der Waals surface area contributed by atoms with Crippen LogP contribution < -0.4 is 4.74 Å². The van der Waals surface area contributed by atoms with Gasteiger partial charge in [0.15, 0.2) is 0 Å². The van der Waals surface area contributed by atoms with E-state index in [1.165, 1.54) is 0 Å². The van der Waals surface area contributed by atoms with Crippen LogP contribution in [0, 0.1) is 20.8 Å². The minimum Gasteiger partial charge on any atom is -0.439 e. The smallest absolute Gasteiger partial charge is 0.219 e. The molecule has 0 bridgehead atoms. The van der Waals surface area contributed by atoms with Crippen LogP contribution in [-0.2, 0) is 0 Å². The first-order chi connectivity index (χ1) is 8.47. The monoisotopic (exact) mass is 325 g/mol. The zero-order valence-electron chi connectivity index (χ0n) is 10.4. The zero-order chi connectivity index (χ0) is 13.3. The lowest BCUT2D eigenvalue weighted by Gasteiger charge is -2.09. The molecule has 0 spiro atoms. The van der Waals surface area contributed by atoms with Crippen LogP contribution in [0.5, 0.6) is 11.6 Å². The van der Waals surface area contributed by atoms with Gasteiger partial charge >= 0.3 is 0 Å². The molecule has 18 heavy (non-hydrogen) atoms. The maximum absolute atomic E-state index is 6.12. The van der Waals surface area contributed by atoms with Crippen molar-refractivity contribution >= 4 is 27.5 Å². The number of hydrogen-bond donors (Lipinski definition) is 0. The first-order valence-corrected chi connectivity index (χ1v) is 6.72. The predicted molar refractivity (Wildman–Crippen MR) is 77.7 cm³/mol. The van der Waals surface area contributed by atoms with E-state index in [9.17, 15) is 0 Å². The number of aryl methyl sites for hydroxylation is 3. The molecular weight excluding hydrogens is 314 g/mol. The number of ether oxygens (including phenoxy) is 1. The largest absolute Gasteiger partial charge is 0.439 e. The molecule has 2 nitrogen and oxygen atoms in total. The third kappa shape index (κ3) is 2.85. The average molecular weight is 327 g/mol. The van der Waals surface area contributed by atoms with Gasteiger partial charge in [-0.05, 0) is 66.0 Å². The number of halogens is 2. The zero-order valence-corrected chi connectivity index (χ0v) is 12.8. The molecule has 1 heterocycles. The lowest BCUT2D eigenvalue weighted by molar-refractivity contribution is 0.460. The minimum absolute atomic E-state index is 0.580. The first kappa shape index (κ1) is 13.4. The fraction of sp³-hybridized carbons (Fsp3) is 0.214. The second-order valence-corrected chi connectivity index (χ2v) is 5.42. The van der Waals surface area contributed by atoms with Gasteiger partial charge in [-0.3, -0.25) is 0 Å². The lowest BCUT2D eigenvalue weighted by atomic mass is 10.1. The van der Waals surface area contributed by atoms with E-state index in [1.807, 2.05) is 45.0 Å². The van der Waals surface area contributed by atoms with Gasteiger partial charge < -0.3 is 4.74 Å². The maximum atomic E-state index is 6.12. The van der Waals surface area contributed by atoms with Crippen molar-refractivity contribution in [1.29, 1.82) is 0 Å². The Bertz CT molecular complexity index is 575. The van der Waals surface area contributed by atoms with Crippen molar-refractivity contribution in [3.63, 3.8) is 0 Å². The van der Waals surface area contributed by atoms with Crippen LogP contribution in [-0.4, -0.2) is 4.98 Å². The second kappa shape index (κ2) is 5.29. The van der Waals surface area contributed by atoms with E-state index in [2.05, 4.69) is 20.9 Å². The summed E-state index contributed by atoms with van der Waals surface area (Å²) in [5, 5.41) is 0.780. The highest BCUT2D eigenvalue weighted by atomic mass is 79.9. The Morgan fingerprint density at radius 3 is 2.28 bits per heavy atom. The Balaban J connectivity index is 2.31. The van der Waals surface area contributed by atoms with Gasteiger partial charge in [-0.1, -0.05) is 11.6 Å². The van der Waals surface area contributed by atoms with Gasteiger partial charge in [0.1, 0.15) is 5.75 Å². The van der Waals surface area contributed by atoms with E-state index in [1.54, 1.807) is 0 Å². The molecule has 0 saturated heterocycles. The van der Waals surface area contributed by atoms with E-state index in [-0.39, 0.29) is 0 Å². The minimum atomic E-state index is 0.580. The number of benzene rings is 1. The molecule has 1 aromatic carbocycles. The molecule has 94 valence electrons. The summed E-state index contributed by atoms with van der Waals surface area (Å²) in [4.78, 5) is 4.35. The molecule has 2 rings (SSSR count). The Hall–Kier alpha value is -1.06. The van der Waals surface area contributed by atoms with Gasteiger partial charge in [0.05, 0.1) is 5.69 Å².